The third-order valence-electron chi connectivity index (χ3n) is 3.71. The summed E-state index contributed by atoms with van der Waals surface area (Å²) in [6, 6.07) is 1.89. The number of amides is 1. The van der Waals surface area contributed by atoms with Gasteiger partial charge in [-0.2, -0.15) is 5.26 Å². The number of allylic oxidation sites excluding steroid dienone is 1. The van der Waals surface area contributed by atoms with Gasteiger partial charge in [0, 0.05) is 19.5 Å². The Hall–Kier alpha value is -1.63. The molecule has 84 valence electrons. The van der Waals surface area contributed by atoms with Crippen LogP contribution in [0.15, 0.2) is 11.6 Å². The third kappa shape index (κ3) is 1.44. The summed E-state index contributed by atoms with van der Waals surface area (Å²) < 4.78 is 0. The minimum Gasteiger partial charge on any atom is -0.345 e. The van der Waals surface area contributed by atoms with Crippen molar-refractivity contribution < 1.29 is 9.59 Å². The lowest BCUT2D eigenvalue weighted by Crippen LogP contribution is -2.48. The van der Waals surface area contributed by atoms with Crippen LogP contribution in [0.4, 0.5) is 0 Å². The topological polar surface area (TPSA) is 61.2 Å². The van der Waals surface area contributed by atoms with E-state index < -0.39 is 0 Å². The Balaban J connectivity index is 2.40. The van der Waals surface area contributed by atoms with E-state index in [1.54, 1.807) is 18.0 Å². The molecule has 0 bridgehead atoms. The summed E-state index contributed by atoms with van der Waals surface area (Å²) in [5.41, 5.74) is 0.150. The highest BCUT2D eigenvalue weighted by molar-refractivity contribution is 6.03. The molecular weight excluding hydrogens is 204 g/mol. The van der Waals surface area contributed by atoms with Gasteiger partial charge in [-0.1, -0.05) is 13.0 Å². The van der Waals surface area contributed by atoms with Crippen LogP contribution in [-0.4, -0.2) is 30.2 Å². The van der Waals surface area contributed by atoms with E-state index in [0.717, 1.165) is 6.42 Å². The second kappa shape index (κ2) is 3.75. The van der Waals surface area contributed by atoms with Gasteiger partial charge in [0.1, 0.15) is 6.07 Å². The predicted octanol–water partition coefficient (Wildman–Crippen LogP) is 0.750. The number of nitrogens with zero attached hydrogens (tertiary/aromatic N) is 2. The third-order valence-corrected chi connectivity index (χ3v) is 3.71. The summed E-state index contributed by atoms with van der Waals surface area (Å²) in [5.74, 6) is -0.485. The highest BCUT2D eigenvalue weighted by Crippen LogP contribution is 2.37. The normalized spacial score (nSPS) is 34.2. The molecule has 0 radical (unpaired) electrons. The molecule has 0 saturated carbocycles. The number of hydrogen-bond acceptors (Lipinski definition) is 3. The molecule has 4 nitrogen and oxygen atoms in total. The molecule has 1 fully saturated rings. The molecule has 4 heteroatoms. The fraction of sp³-hybridized carbons (Fsp3) is 0.583. The SMILES string of the molecule is CC1C(=O)C(C#N)=CC2C(=O)N(C)CCC12. The van der Waals surface area contributed by atoms with Crippen LogP contribution in [0.5, 0.6) is 0 Å². The molecule has 2 rings (SSSR count). The van der Waals surface area contributed by atoms with Crippen LogP contribution < -0.4 is 0 Å². The second-order valence-electron chi connectivity index (χ2n) is 4.58. The molecule has 0 aromatic heterocycles. The summed E-state index contributed by atoms with van der Waals surface area (Å²) in [6.45, 7) is 2.52. The van der Waals surface area contributed by atoms with Gasteiger partial charge in [0.15, 0.2) is 5.78 Å². The van der Waals surface area contributed by atoms with Gasteiger partial charge < -0.3 is 4.90 Å². The zero-order valence-electron chi connectivity index (χ0n) is 9.43. The van der Waals surface area contributed by atoms with E-state index in [-0.39, 0.29) is 35.0 Å². The summed E-state index contributed by atoms with van der Waals surface area (Å²) in [4.78, 5) is 25.4. The Labute approximate surface area is 94.5 Å². The maximum absolute atomic E-state index is 11.9. The lowest BCUT2D eigenvalue weighted by molar-refractivity contribution is -0.140. The number of nitriles is 1. The molecule has 3 atom stereocenters. The first-order chi connectivity index (χ1) is 7.56. The summed E-state index contributed by atoms with van der Waals surface area (Å²) >= 11 is 0. The Morgan fingerprint density at radius 3 is 2.81 bits per heavy atom. The highest BCUT2D eigenvalue weighted by Gasteiger charge is 2.43. The Kier molecular flexibility index (Phi) is 2.55. The second-order valence-corrected chi connectivity index (χ2v) is 4.58. The number of fused-ring (bicyclic) bond motifs is 1. The van der Waals surface area contributed by atoms with Crippen molar-refractivity contribution in [2.45, 2.75) is 13.3 Å². The van der Waals surface area contributed by atoms with E-state index in [2.05, 4.69) is 0 Å². The molecular formula is C12H14N2O2. The van der Waals surface area contributed by atoms with Crippen molar-refractivity contribution >= 4 is 11.7 Å². The summed E-state index contributed by atoms with van der Waals surface area (Å²) in [6.07, 6.45) is 2.40. The van der Waals surface area contributed by atoms with E-state index in [1.165, 1.54) is 0 Å². The average Bonchev–Trinajstić information content (AvgIpc) is 2.28. The number of carbonyl (C=O) groups excluding carboxylic acids is 2. The first kappa shape index (κ1) is 10.9. The van der Waals surface area contributed by atoms with Crippen molar-refractivity contribution in [2.24, 2.45) is 17.8 Å². The van der Waals surface area contributed by atoms with Crippen molar-refractivity contribution in [3.63, 3.8) is 0 Å². The molecule has 0 N–H and O–H groups in total. The van der Waals surface area contributed by atoms with Crippen LogP contribution in [-0.2, 0) is 9.59 Å². The van der Waals surface area contributed by atoms with Gasteiger partial charge in [-0.15, -0.1) is 0 Å². The minimum absolute atomic E-state index is 0.0309. The lowest BCUT2D eigenvalue weighted by atomic mass is 9.70. The summed E-state index contributed by atoms with van der Waals surface area (Å²) in [5, 5.41) is 8.86. The number of piperidine rings is 1. The van der Waals surface area contributed by atoms with Crippen molar-refractivity contribution in [1.82, 2.24) is 4.90 Å². The maximum atomic E-state index is 11.9. The van der Waals surface area contributed by atoms with Crippen LogP contribution in [0.2, 0.25) is 0 Å². The Morgan fingerprint density at radius 2 is 2.19 bits per heavy atom. The predicted molar refractivity (Wildman–Crippen MR) is 57.1 cm³/mol. The van der Waals surface area contributed by atoms with Gasteiger partial charge >= 0.3 is 0 Å². The molecule has 1 saturated heterocycles. The van der Waals surface area contributed by atoms with E-state index in [0.29, 0.717) is 6.54 Å². The van der Waals surface area contributed by atoms with Gasteiger partial charge in [-0.3, -0.25) is 9.59 Å². The van der Waals surface area contributed by atoms with Crippen LogP contribution in [0.1, 0.15) is 13.3 Å². The van der Waals surface area contributed by atoms with E-state index in [9.17, 15) is 9.59 Å². The smallest absolute Gasteiger partial charge is 0.229 e. The lowest BCUT2D eigenvalue weighted by Gasteiger charge is -2.39. The Morgan fingerprint density at radius 1 is 1.50 bits per heavy atom. The summed E-state index contributed by atoms with van der Waals surface area (Å²) in [7, 11) is 1.76. The average molecular weight is 218 g/mol. The van der Waals surface area contributed by atoms with Gasteiger partial charge in [0.25, 0.3) is 0 Å². The molecule has 1 heterocycles. The Bertz CT molecular complexity index is 419. The number of carbonyl (C=O) groups is 2. The molecule has 16 heavy (non-hydrogen) atoms. The quantitative estimate of drug-likeness (QED) is 0.602. The standard InChI is InChI=1S/C12H14N2O2/c1-7-9-3-4-14(2)12(16)10(9)5-8(6-13)11(7)15/h5,7,9-10H,3-4H2,1-2H3. The maximum Gasteiger partial charge on any atom is 0.229 e. The number of ketones is 1. The minimum atomic E-state index is -0.277. The first-order valence-electron chi connectivity index (χ1n) is 5.47. The number of rotatable bonds is 0. The highest BCUT2D eigenvalue weighted by atomic mass is 16.2. The van der Waals surface area contributed by atoms with E-state index >= 15 is 0 Å². The van der Waals surface area contributed by atoms with Gasteiger partial charge in [0.2, 0.25) is 5.91 Å². The molecule has 0 aromatic carbocycles. The van der Waals surface area contributed by atoms with E-state index in [1.807, 2.05) is 13.0 Å². The van der Waals surface area contributed by atoms with Crippen LogP contribution in [0.3, 0.4) is 0 Å². The monoisotopic (exact) mass is 218 g/mol. The number of likely N-dealkylation sites (tertiary alicyclic amines) is 1. The van der Waals surface area contributed by atoms with Crippen molar-refractivity contribution in [3.05, 3.63) is 11.6 Å². The van der Waals surface area contributed by atoms with Crippen LogP contribution >= 0.6 is 0 Å². The van der Waals surface area contributed by atoms with Crippen molar-refractivity contribution in [3.8, 4) is 6.07 Å². The van der Waals surface area contributed by atoms with Crippen LogP contribution in [0, 0.1) is 29.1 Å². The molecule has 1 amide bonds. The van der Waals surface area contributed by atoms with Crippen LogP contribution in [0.25, 0.3) is 0 Å². The fourth-order valence-corrected chi connectivity index (χ4v) is 2.62. The first-order valence-corrected chi connectivity index (χ1v) is 5.47. The molecule has 3 unspecified atom stereocenters. The number of Topliss-reactive ketones (excluding diaryl/α,β-unsaturated/α-hetero) is 1. The van der Waals surface area contributed by atoms with Gasteiger partial charge in [-0.25, -0.2) is 0 Å². The van der Waals surface area contributed by atoms with Crippen molar-refractivity contribution in [2.75, 3.05) is 13.6 Å². The zero-order valence-corrected chi connectivity index (χ0v) is 9.43. The van der Waals surface area contributed by atoms with Gasteiger partial charge in [0.05, 0.1) is 11.5 Å². The number of hydrogen-bond donors (Lipinski definition) is 0. The fourth-order valence-electron chi connectivity index (χ4n) is 2.62. The zero-order chi connectivity index (χ0) is 11.9. The molecule has 2 aliphatic rings. The molecule has 1 aliphatic carbocycles. The molecule has 1 aliphatic heterocycles. The molecule has 0 spiro atoms. The van der Waals surface area contributed by atoms with E-state index in [4.69, 9.17) is 5.26 Å². The molecule has 0 aromatic rings. The largest absolute Gasteiger partial charge is 0.345 e. The van der Waals surface area contributed by atoms with Crippen molar-refractivity contribution in [1.29, 1.82) is 5.26 Å². The van der Waals surface area contributed by atoms with Gasteiger partial charge in [-0.05, 0) is 12.3 Å².